The van der Waals surface area contributed by atoms with Crippen molar-refractivity contribution in [2.75, 3.05) is 20.7 Å². The summed E-state index contributed by atoms with van der Waals surface area (Å²) >= 11 is 1.64. The van der Waals surface area contributed by atoms with Crippen LogP contribution in [0.2, 0.25) is 0 Å². The highest BCUT2D eigenvalue weighted by Gasteiger charge is 2.07. The number of thiophene rings is 1. The zero-order valence-corrected chi connectivity index (χ0v) is 14.2. The van der Waals surface area contributed by atoms with Crippen molar-refractivity contribution in [3.8, 4) is 5.75 Å². The van der Waals surface area contributed by atoms with Crippen LogP contribution in [0.25, 0.3) is 6.08 Å². The van der Waals surface area contributed by atoms with E-state index in [1.165, 1.54) is 9.78 Å². The molecule has 0 saturated carbocycles. The summed E-state index contributed by atoms with van der Waals surface area (Å²) in [4.78, 5) is 27.4. The topological polar surface area (TPSA) is 46.6 Å². The molecule has 120 valence electrons. The van der Waals surface area contributed by atoms with Gasteiger partial charge in [0.1, 0.15) is 5.75 Å². The Kier molecular flexibility index (Phi) is 5.71. The summed E-state index contributed by atoms with van der Waals surface area (Å²) in [7, 11) is 3.34. The van der Waals surface area contributed by atoms with Crippen LogP contribution in [-0.4, -0.2) is 37.3 Å². The first-order valence-electron chi connectivity index (χ1n) is 7.17. The summed E-state index contributed by atoms with van der Waals surface area (Å²) < 4.78 is 5.42. The van der Waals surface area contributed by atoms with Gasteiger partial charge in [-0.25, -0.2) is 0 Å². The minimum Gasteiger partial charge on any atom is -0.484 e. The van der Waals surface area contributed by atoms with Gasteiger partial charge < -0.3 is 9.64 Å². The standard InChI is InChI=1S/C18H19NO3S/c1-13-7-8-16(23-13)9-10-17(20)14-5-4-6-15(11-14)22-12-18(21)19(2)3/h4-11H,12H2,1-3H3. The second kappa shape index (κ2) is 7.74. The molecule has 1 aromatic heterocycles. The lowest BCUT2D eigenvalue weighted by Crippen LogP contribution is -2.27. The smallest absolute Gasteiger partial charge is 0.259 e. The molecule has 2 aromatic rings. The van der Waals surface area contributed by atoms with Crippen LogP contribution in [0, 0.1) is 6.92 Å². The van der Waals surface area contributed by atoms with Gasteiger partial charge in [-0.05, 0) is 43.3 Å². The number of allylic oxidation sites excluding steroid dienone is 1. The number of ether oxygens (including phenoxy) is 1. The lowest BCUT2D eigenvalue weighted by Gasteiger charge is -2.11. The number of carbonyl (C=O) groups excluding carboxylic acids is 2. The third-order valence-corrected chi connectivity index (χ3v) is 4.11. The second-order valence-electron chi connectivity index (χ2n) is 5.25. The van der Waals surface area contributed by atoms with E-state index in [4.69, 9.17) is 4.74 Å². The number of benzene rings is 1. The number of aryl methyl sites for hydroxylation is 1. The largest absolute Gasteiger partial charge is 0.484 e. The maximum Gasteiger partial charge on any atom is 0.259 e. The Hall–Kier alpha value is -2.40. The first-order valence-corrected chi connectivity index (χ1v) is 7.99. The van der Waals surface area contributed by atoms with Crippen LogP contribution in [0.15, 0.2) is 42.5 Å². The van der Waals surface area contributed by atoms with E-state index in [9.17, 15) is 9.59 Å². The summed E-state index contributed by atoms with van der Waals surface area (Å²) in [5.41, 5.74) is 0.532. The molecule has 1 amide bonds. The molecule has 2 rings (SSSR count). The average Bonchev–Trinajstić information content (AvgIpc) is 2.96. The van der Waals surface area contributed by atoms with Gasteiger partial charge in [0.25, 0.3) is 5.91 Å². The van der Waals surface area contributed by atoms with Gasteiger partial charge in [-0.2, -0.15) is 0 Å². The first-order chi connectivity index (χ1) is 11.0. The second-order valence-corrected chi connectivity index (χ2v) is 6.57. The van der Waals surface area contributed by atoms with E-state index in [-0.39, 0.29) is 18.3 Å². The summed E-state index contributed by atoms with van der Waals surface area (Å²) in [6.45, 7) is 1.98. The SMILES string of the molecule is Cc1ccc(C=CC(=O)c2cccc(OCC(=O)N(C)C)c2)s1. The van der Waals surface area contributed by atoms with E-state index in [0.717, 1.165) is 4.88 Å². The van der Waals surface area contributed by atoms with Gasteiger partial charge in [0.15, 0.2) is 12.4 Å². The van der Waals surface area contributed by atoms with E-state index in [1.807, 2.05) is 25.1 Å². The Labute approximate surface area is 140 Å². The number of ketones is 1. The van der Waals surface area contributed by atoms with Crippen LogP contribution in [0.4, 0.5) is 0 Å². The summed E-state index contributed by atoms with van der Waals surface area (Å²) in [5, 5.41) is 0. The normalized spacial score (nSPS) is 10.7. The highest BCUT2D eigenvalue weighted by molar-refractivity contribution is 7.12. The summed E-state index contributed by atoms with van der Waals surface area (Å²) in [6, 6.07) is 10.8. The molecule has 0 atom stereocenters. The predicted molar refractivity (Wildman–Crippen MR) is 93.1 cm³/mol. The maximum atomic E-state index is 12.2. The van der Waals surface area contributed by atoms with Crippen LogP contribution < -0.4 is 4.74 Å². The fraction of sp³-hybridized carbons (Fsp3) is 0.222. The molecule has 0 N–H and O–H groups in total. The molecule has 0 aliphatic carbocycles. The molecule has 0 saturated heterocycles. The van der Waals surface area contributed by atoms with Crippen LogP contribution in [-0.2, 0) is 4.79 Å². The number of rotatable bonds is 6. The van der Waals surface area contributed by atoms with Crippen LogP contribution in [0.3, 0.4) is 0 Å². The van der Waals surface area contributed by atoms with Gasteiger partial charge >= 0.3 is 0 Å². The lowest BCUT2D eigenvalue weighted by atomic mass is 10.1. The minimum atomic E-state index is -0.130. The quantitative estimate of drug-likeness (QED) is 0.602. The Morgan fingerprint density at radius 3 is 2.65 bits per heavy atom. The average molecular weight is 329 g/mol. The van der Waals surface area contributed by atoms with E-state index >= 15 is 0 Å². The zero-order chi connectivity index (χ0) is 16.8. The molecule has 0 unspecified atom stereocenters. The molecule has 1 aromatic carbocycles. The van der Waals surface area contributed by atoms with Crippen molar-refractivity contribution in [2.45, 2.75) is 6.92 Å². The lowest BCUT2D eigenvalue weighted by molar-refractivity contribution is -0.130. The first kappa shape index (κ1) is 17.0. The van der Waals surface area contributed by atoms with Crippen LogP contribution >= 0.6 is 11.3 Å². The van der Waals surface area contributed by atoms with Crippen molar-refractivity contribution in [2.24, 2.45) is 0 Å². The number of carbonyl (C=O) groups is 2. The molecular formula is C18H19NO3S. The molecule has 0 bridgehead atoms. The van der Waals surface area contributed by atoms with Gasteiger partial charge in [-0.3, -0.25) is 9.59 Å². The van der Waals surface area contributed by atoms with Crippen LogP contribution in [0.1, 0.15) is 20.1 Å². The van der Waals surface area contributed by atoms with Gasteiger partial charge in [0, 0.05) is 29.4 Å². The number of hydrogen-bond acceptors (Lipinski definition) is 4. The Balaban J connectivity index is 2.02. The van der Waals surface area contributed by atoms with Crippen molar-refractivity contribution in [3.63, 3.8) is 0 Å². The van der Waals surface area contributed by atoms with E-state index in [1.54, 1.807) is 55.8 Å². The molecule has 5 heteroatoms. The highest BCUT2D eigenvalue weighted by atomic mass is 32.1. The molecule has 0 radical (unpaired) electrons. The van der Waals surface area contributed by atoms with E-state index in [0.29, 0.717) is 11.3 Å². The number of hydrogen-bond donors (Lipinski definition) is 0. The molecule has 4 nitrogen and oxygen atoms in total. The highest BCUT2D eigenvalue weighted by Crippen LogP contribution is 2.18. The summed E-state index contributed by atoms with van der Waals surface area (Å²) in [5.74, 6) is 0.279. The predicted octanol–water partition coefficient (Wildman–Crippen LogP) is 3.42. The minimum absolute atomic E-state index is 0.0467. The fourth-order valence-corrected chi connectivity index (χ4v) is 2.59. The number of amides is 1. The van der Waals surface area contributed by atoms with Crippen molar-refractivity contribution >= 4 is 29.1 Å². The summed E-state index contributed by atoms with van der Waals surface area (Å²) in [6.07, 6.45) is 3.36. The molecule has 0 spiro atoms. The molecular weight excluding hydrogens is 310 g/mol. The van der Waals surface area contributed by atoms with Gasteiger partial charge in [0.2, 0.25) is 0 Å². The van der Waals surface area contributed by atoms with E-state index < -0.39 is 0 Å². The van der Waals surface area contributed by atoms with E-state index in [2.05, 4.69) is 0 Å². The van der Waals surface area contributed by atoms with Crippen molar-refractivity contribution in [1.82, 2.24) is 4.90 Å². The van der Waals surface area contributed by atoms with Gasteiger partial charge in [-0.15, -0.1) is 11.3 Å². The van der Waals surface area contributed by atoms with Gasteiger partial charge in [-0.1, -0.05) is 12.1 Å². The van der Waals surface area contributed by atoms with Crippen molar-refractivity contribution in [1.29, 1.82) is 0 Å². The number of nitrogens with zero attached hydrogens (tertiary/aromatic N) is 1. The van der Waals surface area contributed by atoms with Gasteiger partial charge in [0.05, 0.1) is 0 Å². The molecule has 1 heterocycles. The molecule has 0 aliphatic rings. The maximum absolute atomic E-state index is 12.2. The zero-order valence-electron chi connectivity index (χ0n) is 13.4. The molecule has 0 aliphatic heterocycles. The third kappa shape index (κ3) is 5.07. The van der Waals surface area contributed by atoms with Crippen molar-refractivity contribution in [3.05, 3.63) is 57.8 Å². The monoisotopic (exact) mass is 329 g/mol. The fourth-order valence-electron chi connectivity index (χ4n) is 1.81. The molecule has 0 fully saturated rings. The number of likely N-dealkylation sites (N-methyl/N-ethyl adjacent to an activating group) is 1. The Bertz CT molecular complexity index is 731. The van der Waals surface area contributed by atoms with Crippen molar-refractivity contribution < 1.29 is 14.3 Å². The third-order valence-electron chi connectivity index (χ3n) is 3.14. The Morgan fingerprint density at radius 2 is 2.00 bits per heavy atom. The Morgan fingerprint density at radius 1 is 1.22 bits per heavy atom. The van der Waals surface area contributed by atoms with Crippen LogP contribution in [0.5, 0.6) is 5.75 Å². The molecule has 23 heavy (non-hydrogen) atoms.